The van der Waals surface area contributed by atoms with Gasteiger partial charge in [0.05, 0.1) is 11.5 Å². The van der Waals surface area contributed by atoms with Gasteiger partial charge in [0, 0.05) is 29.5 Å². The third-order valence-electron chi connectivity index (χ3n) is 2.39. The highest BCUT2D eigenvalue weighted by atomic mass is 32.2. The third-order valence-corrected chi connectivity index (χ3v) is 5.00. The SMILES string of the molecule is NCc1cc(S(=O)(=O)NC2CCOC2)cs1. The number of rotatable bonds is 4. The van der Waals surface area contributed by atoms with Crippen LogP contribution in [-0.2, 0) is 21.3 Å². The minimum Gasteiger partial charge on any atom is -0.380 e. The fourth-order valence-corrected chi connectivity index (χ4v) is 3.93. The van der Waals surface area contributed by atoms with Crippen molar-refractivity contribution in [3.63, 3.8) is 0 Å². The van der Waals surface area contributed by atoms with Crippen molar-refractivity contribution in [1.82, 2.24) is 4.72 Å². The maximum Gasteiger partial charge on any atom is 0.241 e. The first-order chi connectivity index (χ1) is 7.62. The second-order valence-electron chi connectivity index (χ2n) is 3.63. The van der Waals surface area contributed by atoms with Crippen molar-refractivity contribution in [2.45, 2.75) is 23.9 Å². The smallest absolute Gasteiger partial charge is 0.241 e. The monoisotopic (exact) mass is 262 g/mol. The van der Waals surface area contributed by atoms with Crippen LogP contribution in [-0.4, -0.2) is 27.7 Å². The molecule has 1 atom stereocenters. The molecule has 1 fully saturated rings. The quantitative estimate of drug-likeness (QED) is 0.816. The van der Waals surface area contributed by atoms with Crippen LogP contribution in [0, 0.1) is 0 Å². The number of ether oxygens (including phenoxy) is 1. The highest BCUT2D eigenvalue weighted by Gasteiger charge is 2.24. The van der Waals surface area contributed by atoms with Crippen LogP contribution in [0.4, 0.5) is 0 Å². The Balaban J connectivity index is 2.11. The summed E-state index contributed by atoms with van der Waals surface area (Å²) < 4.78 is 31.6. The van der Waals surface area contributed by atoms with Crippen molar-refractivity contribution >= 4 is 21.4 Å². The van der Waals surface area contributed by atoms with Gasteiger partial charge in [-0.15, -0.1) is 11.3 Å². The molecule has 2 rings (SSSR count). The summed E-state index contributed by atoms with van der Waals surface area (Å²) in [6.45, 7) is 1.44. The summed E-state index contributed by atoms with van der Waals surface area (Å²) in [5.74, 6) is 0. The first-order valence-electron chi connectivity index (χ1n) is 4.99. The highest BCUT2D eigenvalue weighted by Crippen LogP contribution is 2.19. The van der Waals surface area contributed by atoms with Crippen molar-refractivity contribution in [2.24, 2.45) is 5.73 Å². The van der Waals surface area contributed by atoms with E-state index in [1.165, 1.54) is 11.3 Å². The van der Waals surface area contributed by atoms with E-state index < -0.39 is 10.0 Å². The lowest BCUT2D eigenvalue weighted by Crippen LogP contribution is -2.34. The minimum atomic E-state index is -3.41. The number of nitrogens with one attached hydrogen (secondary N) is 1. The van der Waals surface area contributed by atoms with Gasteiger partial charge in [-0.3, -0.25) is 0 Å². The van der Waals surface area contributed by atoms with E-state index >= 15 is 0 Å². The summed E-state index contributed by atoms with van der Waals surface area (Å²) in [5.41, 5.74) is 5.45. The summed E-state index contributed by atoms with van der Waals surface area (Å²) in [7, 11) is -3.41. The molecule has 1 saturated heterocycles. The van der Waals surface area contributed by atoms with Crippen LogP contribution in [0.3, 0.4) is 0 Å². The van der Waals surface area contributed by atoms with Gasteiger partial charge in [0.15, 0.2) is 0 Å². The molecule has 0 bridgehead atoms. The average molecular weight is 262 g/mol. The van der Waals surface area contributed by atoms with E-state index in [0.29, 0.717) is 24.7 Å². The summed E-state index contributed by atoms with van der Waals surface area (Å²) in [6, 6.07) is 1.51. The number of hydrogen-bond acceptors (Lipinski definition) is 5. The maximum atomic E-state index is 11.9. The molecule has 7 heteroatoms. The lowest BCUT2D eigenvalue weighted by molar-refractivity contribution is 0.192. The molecule has 0 amide bonds. The van der Waals surface area contributed by atoms with Gasteiger partial charge >= 0.3 is 0 Å². The summed E-state index contributed by atoms with van der Waals surface area (Å²) in [5, 5.41) is 1.61. The first kappa shape index (κ1) is 12.0. The molecule has 0 aromatic carbocycles. The normalized spacial score (nSPS) is 21.4. The second kappa shape index (κ2) is 4.80. The Morgan fingerprint density at radius 3 is 3.00 bits per heavy atom. The molecule has 1 aliphatic rings. The Bertz CT molecular complexity index is 449. The van der Waals surface area contributed by atoms with Gasteiger partial charge in [-0.1, -0.05) is 0 Å². The zero-order chi connectivity index (χ0) is 11.6. The molecule has 16 heavy (non-hydrogen) atoms. The largest absolute Gasteiger partial charge is 0.380 e. The fourth-order valence-electron chi connectivity index (χ4n) is 1.52. The van der Waals surface area contributed by atoms with Gasteiger partial charge in [0.1, 0.15) is 0 Å². The number of hydrogen-bond donors (Lipinski definition) is 2. The molecule has 0 radical (unpaired) electrons. The topological polar surface area (TPSA) is 81.4 Å². The van der Waals surface area contributed by atoms with Gasteiger partial charge < -0.3 is 10.5 Å². The lowest BCUT2D eigenvalue weighted by Gasteiger charge is -2.09. The van der Waals surface area contributed by atoms with Crippen molar-refractivity contribution in [1.29, 1.82) is 0 Å². The predicted octanol–water partition coefficient (Wildman–Crippen LogP) is 0.274. The Morgan fingerprint density at radius 1 is 1.62 bits per heavy atom. The predicted molar refractivity (Wildman–Crippen MR) is 61.8 cm³/mol. The zero-order valence-electron chi connectivity index (χ0n) is 8.68. The molecular weight excluding hydrogens is 248 g/mol. The summed E-state index contributed by atoms with van der Waals surface area (Å²) >= 11 is 1.36. The Labute approximate surface area is 98.7 Å². The molecule has 1 unspecified atom stereocenters. The van der Waals surface area contributed by atoms with Crippen LogP contribution in [0.1, 0.15) is 11.3 Å². The van der Waals surface area contributed by atoms with Crippen LogP contribution in [0.2, 0.25) is 0 Å². The van der Waals surface area contributed by atoms with E-state index in [-0.39, 0.29) is 6.04 Å². The number of thiophene rings is 1. The standard InChI is InChI=1S/C9H14N2O3S2/c10-4-8-3-9(6-15-8)16(12,13)11-7-1-2-14-5-7/h3,6-7,11H,1-2,4-5,10H2. The van der Waals surface area contributed by atoms with E-state index in [2.05, 4.69) is 4.72 Å². The van der Waals surface area contributed by atoms with Crippen LogP contribution >= 0.6 is 11.3 Å². The first-order valence-corrected chi connectivity index (χ1v) is 7.35. The lowest BCUT2D eigenvalue weighted by atomic mass is 10.3. The molecule has 5 nitrogen and oxygen atoms in total. The van der Waals surface area contributed by atoms with Gasteiger partial charge in [0.2, 0.25) is 10.0 Å². The van der Waals surface area contributed by atoms with Crippen LogP contribution in [0.15, 0.2) is 16.3 Å². The summed E-state index contributed by atoms with van der Waals surface area (Å²) in [4.78, 5) is 1.16. The minimum absolute atomic E-state index is 0.105. The van der Waals surface area contributed by atoms with Crippen molar-refractivity contribution in [3.8, 4) is 0 Å². The van der Waals surface area contributed by atoms with E-state index in [0.717, 1.165) is 11.3 Å². The van der Waals surface area contributed by atoms with Crippen molar-refractivity contribution in [3.05, 3.63) is 16.3 Å². The van der Waals surface area contributed by atoms with Crippen LogP contribution in [0.5, 0.6) is 0 Å². The van der Waals surface area contributed by atoms with Crippen LogP contribution in [0.25, 0.3) is 0 Å². The van der Waals surface area contributed by atoms with Crippen LogP contribution < -0.4 is 10.5 Å². The Kier molecular flexibility index (Phi) is 3.60. The third kappa shape index (κ3) is 2.61. The average Bonchev–Trinajstić information content (AvgIpc) is 2.85. The molecule has 0 saturated carbocycles. The zero-order valence-corrected chi connectivity index (χ0v) is 10.3. The van der Waals surface area contributed by atoms with E-state index in [9.17, 15) is 8.42 Å². The second-order valence-corrected chi connectivity index (χ2v) is 6.34. The molecule has 90 valence electrons. The molecular formula is C9H14N2O3S2. The molecule has 1 aromatic heterocycles. The van der Waals surface area contributed by atoms with Gasteiger partial charge in [-0.2, -0.15) is 0 Å². The van der Waals surface area contributed by atoms with Gasteiger partial charge in [-0.05, 0) is 12.5 Å². The molecule has 0 spiro atoms. The Hall–Kier alpha value is -0.470. The number of sulfonamides is 1. The summed E-state index contributed by atoms with van der Waals surface area (Å²) in [6.07, 6.45) is 0.729. The van der Waals surface area contributed by atoms with Gasteiger partial charge in [-0.25, -0.2) is 13.1 Å². The van der Waals surface area contributed by atoms with Gasteiger partial charge in [0.25, 0.3) is 0 Å². The fraction of sp³-hybridized carbons (Fsp3) is 0.556. The maximum absolute atomic E-state index is 11.9. The molecule has 2 heterocycles. The molecule has 3 N–H and O–H groups in total. The highest BCUT2D eigenvalue weighted by molar-refractivity contribution is 7.89. The molecule has 1 aliphatic heterocycles. The number of nitrogens with two attached hydrogens (primary N) is 1. The van der Waals surface area contributed by atoms with E-state index in [1.54, 1.807) is 11.4 Å². The van der Waals surface area contributed by atoms with E-state index in [4.69, 9.17) is 10.5 Å². The van der Waals surface area contributed by atoms with Crippen molar-refractivity contribution in [2.75, 3.05) is 13.2 Å². The molecule has 1 aromatic rings. The van der Waals surface area contributed by atoms with E-state index in [1.807, 2.05) is 0 Å². The van der Waals surface area contributed by atoms with Crippen molar-refractivity contribution < 1.29 is 13.2 Å². The Morgan fingerprint density at radius 2 is 2.44 bits per heavy atom. The molecule has 0 aliphatic carbocycles.